The maximum absolute atomic E-state index is 10.8. The third kappa shape index (κ3) is 3.44. The first kappa shape index (κ1) is 12.9. The first-order valence-electron chi connectivity index (χ1n) is 5.85. The molecule has 0 aromatic carbocycles. The highest BCUT2D eigenvalue weighted by Gasteiger charge is 2.11. The highest BCUT2D eigenvalue weighted by atomic mass is 16.6. The Morgan fingerprint density at radius 2 is 2.11 bits per heavy atom. The van der Waals surface area contributed by atoms with E-state index in [1.165, 1.54) is 12.1 Å². The molecule has 0 fully saturated rings. The van der Waals surface area contributed by atoms with Crippen molar-refractivity contribution in [2.75, 3.05) is 17.2 Å². The lowest BCUT2D eigenvalue weighted by atomic mass is 10.3. The molecule has 0 radical (unpaired) electrons. The summed E-state index contributed by atoms with van der Waals surface area (Å²) in [6.45, 7) is 2.97. The lowest BCUT2D eigenvalue weighted by Gasteiger charge is -2.07. The van der Waals surface area contributed by atoms with E-state index in [-0.39, 0.29) is 5.69 Å². The molecule has 2 N–H and O–H groups in total. The summed E-state index contributed by atoms with van der Waals surface area (Å²) in [5.41, 5.74) is -0.00658. The van der Waals surface area contributed by atoms with Crippen molar-refractivity contribution >= 4 is 17.3 Å². The molecule has 7 heteroatoms. The summed E-state index contributed by atoms with van der Waals surface area (Å²) in [5, 5.41) is 16.8. The van der Waals surface area contributed by atoms with Gasteiger partial charge in [0.1, 0.15) is 17.4 Å². The van der Waals surface area contributed by atoms with Crippen LogP contribution >= 0.6 is 0 Å². The predicted molar refractivity (Wildman–Crippen MR) is 71.1 cm³/mol. The van der Waals surface area contributed by atoms with Crippen molar-refractivity contribution in [2.45, 2.75) is 13.5 Å². The fraction of sp³-hybridized carbons (Fsp3) is 0.250. The molecule has 0 aliphatic heterocycles. The summed E-state index contributed by atoms with van der Waals surface area (Å²) in [5.74, 6) is 1.64. The van der Waals surface area contributed by atoms with E-state index in [4.69, 9.17) is 4.42 Å². The van der Waals surface area contributed by atoms with Crippen LogP contribution < -0.4 is 10.6 Å². The molecule has 0 spiro atoms. The van der Waals surface area contributed by atoms with Crippen molar-refractivity contribution in [3.63, 3.8) is 0 Å². The first-order valence-corrected chi connectivity index (χ1v) is 5.85. The molecule has 2 aromatic heterocycles. The van der Waals surface area contributed by atoms with Crippen LogP contribution in [0.1, 0.15) is 12.7 Å². The smallest absolute Gasteiger partial charge is 0.276 e. The van der Waals surface area contributed by atoms with E-state index in [9.17, 15) is 10.1 Å². The normalized spacial score (nSPS) is 10.2. The number of rotatable bonds is 6. The Hall–Kier alpha value is -2.57. The van der Waals surface area contributed by atoms with Gasteiger partial charge in [0.25, 0.3) is 5.69 Å². The standard InChI is InChI=1S/C12H14N4O3/c1-2-13-11-6-9(16(17)18)7-12(15-11)14-8-10-4-3-5-19-10/h3-7H,2,8H2,1H3,(H2,13,14,15). The van der Waals surface area contributed by atoms with E-state index in [0.29, 0.717) is 24.7 Å². The van der Waals surface area contributed by atoms with E-state index in [2.05, 4.69) is 15.6 Å². The Morgan fingerprint density at radius 3 is 2.68 bits per heavy atom. The molecule has 2 heterocycles. The average molecular weight is 262 g/mol. The highest BCUT2D eigenvalue weighted by Crippen LogP contribution is 2.21. The lowest BCUT2D eigenvalue weighted by Crippen LogP contribution is -2.05. The molecule has 2 rings (SSSR count). The van der Waals surface area contributed by atoms with Gasteiger partial charge in [-0.15, -0.1) is 0 Å². The summed E-state index contributed by atoms with van der Waals surface area (Å²) in [6.07, 6.45) is 1.57. The van der Waals surface area contributed by atoms with Crippen LogP contribution in [0.2, 0.25) is 0 Å². The van der Waals surface area contributed by atoms with Gasteiger partial charge in [0.2, 0.25) is 0 Å². The van der Waals surface area contributed by atoms with Crippen LogP contribution in [0.25, 0.3) is 0 Å². The molecule has 7 nitrogen and oxygen atoms in total. The first-order chi connectivity index (χ1) is 9.19. The lowest BCUT2D eigenvalue weighted by molar-refractivity contribution is -0.384. The Kier molecular flexibility index (Phi) is 3.97. The van der Waals surface area contributed by atoms with E-state index >= 15 is 0 Å². The number of nitro groups is 1. The van der Waals surface area contributed by atoms with Crippen LogP contribution in [0.15, 0.2) is 34.9 Å². The molecular weight excluding hydrogens is 248 g/mol. The molecule has 0 aliphatic rings. The third-order valence-electron chi connectivity index (χ3n) is 2.40. The highest BCUT2D eigenvalue weighted by molar-refractivity contribution is 5.54. The van der Waals surface area contributed by atoms with Gasteiger partial charge in [-0.25, -0.2) is 4.98 Å². The monoisotopic (exact) mass is 262 g/mol. The minimum absolute atomic E-state index is 0.00658. The average Bonchev–Trinajstić information content (AvgIpc) is 2.89. The molecule has 100 valence electrons. The number of pyridine rings is 1. The SMILES string of the molecule is CCNc1cc([N+](=O)[O-])cc(NCc2ccco2)n1. The van der Waals surface area contributed by atoms with E-state index in [1.807, 2.05) is 13.0 Å². The molecule has 19 heavy (non-hydrogen) atoms. The van der Waals surface area contributed by atoms with Gasteiger partial charge in [-0.2, -0.15) is 0 Å². The zero-order valence-electron chi connectivity index (χ0n) is 10.4. The van der Waals surface area contributed by atoms with Crippen LogP contribution in [-0.4, -0.2) is 16.5 Å². The molecular formula is C12H14N4O3. The topological polar surface area (TPSA) is 93.2 Å². The van der Waals surface area contributed by atoms with Crippen LogP contribution in [0.5, 0.6) is 0 Å². The second kappa shape index (κ2) is 5.85. The maximum Gasteiger partial charge on any atom is 0.276 e. The molecule has 0 saturated carbocycles. The molecule has 0 unspecified atom stereocenters. The summed E-state index contributed by atoms with van der Waals surface area (Å²) in [6, 6.07) is 6.39. The zero-order chi connectivity index (χ0) is 13.7. The maximum atomic E-state index is 10.8. The summed E-state index contributed by atoms with van der Waals surface area (Å²) in [7, 11) is 0. The predicted octanol–water partition coefficient (Wildman–Crippen LogP) is 2.63. The molecule has 0 atom stereocenters. The fourth-order valence-corrected chi connectivity index (χ4v) is 1.57. The largest absolute Gasteiger partial charge is 0.467 e. The van der Waals surface area contributed by atoms with Crippen molar-refractivity contribution < 1.29 is 9.34 Å². The second-order valence-electron chi connectivity index (χ2n) is 3.82. The molecule has 0 bridgehead atoms. The van der Waals surface area contributed by atoms with Crippen LogP contribution in [0.4, 0.5) is 17.3 Å². The Bertz CT molecular complexity index is 554. The summed E-state index contributed by atoms with van der Waals surface area (Å²) >= 11 is 0. The minimum atomic E-state index is -0.444. The number of furan rings is 1. The summed E-state index contributed by atoms with van der Waals surface area (Å²) < 4.78 is 5.17. The van der Waals surface area contributed by atoms with Crippen LogP contribution in [-0.2, 0) is 6.54 Å². The van der Waals surface area contributed by atoms with Gasteiger partial charge in [0, 0.05) is 6.54 Å². The summed E-state index contributed by atoms with van der Waals surface area (Å²) in [4.78, 5) is 14.6. The molecule has 2 aromatic rings. The number of hydrogen-bond donors (Lipinski definition) is 2. The van der Waals surface area contributed by atoms with Crippen molar-refractivity contribution in [2.24, 2.45) is 0 Å². The fourth-order valence-electron chi connectivity index (χ4n) is 1.57. The number of anilines is 2. The Balaban J connectivity index is 2.16. The quantitative estimate of drug-likeness (QED) is 0.614. The van der Waals surface area contributed by atoms with Crippen molar-refractivity contribution in [1.29, 1.82) is 0 Å². The number of nitrogens with zero attached hydrogens (tertiary/aromatic N) is 2. The number of hydrogen-bond acceptors (Lipinski definition) is 6. The van der Waals surface area contributed by atoms with Gasteiger partial charge >= 0.3 is 0 Å². The van der Waals surface area contributed by atoms with Gasteiger partial charge in [-0.3, -0.25) is 10.1 Å². The number of aromatic nitrogens is 1. The van der Waals surface area contributed by atoms with Crippen molar-refractivity contribution in [3.8, 4) is 0 Å². The van der Waals surface area contributed by atoms with Gasteiger partial charge < -0.3 is 15.1 Å². The minimum Gasteiger partial charge on any atom is -0.467 e. The van der Waals surface area contributed by atoms with Gasteiger partial charge in [0.05, 0.1) is 29.9 Å². The number of nitrogens with one attached hydrogen (secondary N) is 2. The van der Waals surface area contributed by atoms with Gasteiger partial charge in [-0.05, 0) is 19.1 Å². The van der Waals surface area contributed by atoms with Crippen LogP contribution in [0, 0.1) is 10.1 Å². The van der Waals surface area contributed by atoms with Crippen molar-refractivity contribution in [3.05, 3.63) is 46.4 Å². The molecule has 0 saturated heterocycles. The zero-order valence-corrected chi connectivity index (χ0v) is 10.4. The molecule has 0 aliphatic carbocycles. The van der Waals surface area contributed by atoms with E-state index in [1.54, 1.807) is 12.3 Å². The van der Waals surface area contributed by atoms with Crippen LogP contribution in [0.3, 0.4) is 0 Å². The molecule has 0 amide bonds. The van der Waals surface area contributed by atoms with E-state index in [0.717, 1.165) is 5.76 Å². The Labute approximate surface area is 109 Å². The van der Waals surface area contributed by atoms with Crippen molar-refractivity contribution in [1.82, 2.24) is 4.98 Å². The second-order valence-corrected chi connectivity index (χ2v) is 3.82. The van der Waals surface area contributed by atoms with Gasteiger partial charge in [0.15, 0.2) is 0 Å². The third-order valence-corrected chi connectivity index (χ3v) is 2.40. The van der Waals surface area contributed by atoms with Gasteiger partial charge in [-0.1, -0.05) is 0 Å². The van der Waals surface area contributed by atoms with E-state index < -0.39 is 4.92 Å². The Morgan fingerprint density at radius 1 is 1.37 bits per heavy atom.